The maximum atomic E-state index is 9.14. The van der Waals surface area contributed by atoms with Crippen molar-refractivity contribution >= 4 is 0 Å². The molecule has 0 radical (unpaired) electrons. The van der Waals surface area contributed by atoms with E-state index < -0.39 is 0 Å². The van der Waals surface area contributed by atoms with Gasteiger partial charge in [0.15, 0.2) is 0 Å². The highest BCUT2D eigenvalue weighted by atomic mass is 16.3. The molecule has 0 aromatic rings. The molecule has 0 spiro atoms. The van der Waals surface area contributed by atoms with E-state index in [9.17, 15) is 0 Å². The number of hydrogen-bond donors (Lipinski definition) is 2. The van der Waals surface area contributed by atoms with Gasteiger partial charge in [-0.25, -0.2) is 0 Å². The van der Waals surface area contributed by atoms with Crippen molar-refractivity contribution < 1.29 is 5.11 Å². The topological polar surface area (TPSA) is 35.5 Å². The molecule has 0 aromatic carbocycles. The van der Waals surface area contributed by atoms with Crippen molar-refractivity contribution in [2.24, 2.45) is 5.92 Å². The van der Waals surface area contributed by atoms with E-state index in [4.69, 9.17) is 5.11 Å². The Morgan fingerprint density at radius 1 is 1.29 bits per heavy atom. The quantitative estimate of drug-likeness (QED) is 0.740. The molecule has 0 aromatic heterocycles. The fourth-order valence-electron chi connectivity index (χ4n) is 3.18. The Balaban J connectivity index is 1.84. The molecule has 2 fully saturated rings. The molecular formula is C14H28N2O. The van der Waals surface area contributed by atoms with Gasteiger partial charge in [0.05, 0.1) is 0 Å². The predicted octanol–water partition coefficient (Wildman–Crippen LogP) is 1.61. The van der Waals surface area contributed by atoms with Crippen LogP contribution in [0.2, 0.25) is 0 Å². The fourth-order valence-corrected chi connectivity index (χ4v) is 3.18. The average molecular weight is 240 g/mol. The van der Waals surface area contributed by atoms with Crippen LogP contribution in [0, 0.1) is 5.92 Å². The minimum absolute atomic E-state index is 0.351. The van der Waals surface area contributed by atoms with Crippen LogP contribution in [0.15, 0.2) is 0 Å². The Bertz CT molecular complexity index is 218. The van der Waals surface area contributed by atoms with E-state index in [1.165, 1.54) is 45.2 Å². The standard InChI is InChI=1S/C14H28N2O/c1-2-7-15-13-9-12(6-8-17)10-16(11-13)14-4-3-5-14/h12-15,17H,2-11H2,1H3. The minimum atomic E-state index is 0.351. The third kappa shape index (κ3) is 3.67. The predicted molar refractivity (Wildman–Crippen MR) is 71.1 cm³/mol. The van der Waals surface area contributed by atoms with Crippen LogP contribution >= 0.6 is 0 Å². The van der Waals surface area contributed by atoms with E-state index in [0.717, 1.165) is 19.0 Å². The first kappa shape index (κ1) is 13.3. The molecule has 0 amide bonds. The molecule has 1 aliphatic carbocycles. The zero-order valence-electron chi connectivity index (χ0n) is 11.2. The second-order valence-corrected chi connectivity index (χ2v) is 5.80. The Morgan fingerprint density at radius 3 is 2.71 bits per heavy atom. The van der Waals surface area contributed by atoms with Gasteiger partial charge in [-0.3, -0.25) is 4.90 Å². The maximum absolute atomic E-state index is 9.14. The number of nitrogens with zero attached hydrogens (tertiary/aromatic N) is 1. The second kappa shape index (κ2) is 6.72. The van der Waals surface area contributed by atoms with Gasteiger partial charge in [-0.2, -0.15) is 0 Å². The number of piperidine rings is 1. The summed E-state index contributed by atoms with van der Waals surface area (Å²) < 4.78 is 0. The highest BCUT2D eigenvalue weighted by Crippen LogP contribution is 2.30. The number of likely N-dealkylation sites (tertiary alicyclic amines) is 1. The van der Waals surface area contributed by atoms with E-state index in [-0.39, 0.29) is 0 Å². The van der Waals surface area contributed by atoms with Gasteiger partial charge in [0.2, 0.25) is 0 Å². The lowest BCUT2D eigenvalue weighted by molar-refractivity contribution is 0.0509. The molecule has 3 heteroatoms. The molecule has 1 heterocycles. The first-order valence-corrected chi connectivity index (χ1v) is 7.41. The SMILES string of the molecule is CCCNC1CC(CCO)CN(C2CCC2)C1. The summed E-state index contributed by atoms with van der Waals surface area (Å²) in [6.45, 7) is 6.16. The Hall–Kier alpha value is -0.120. The van der Waals surface area contributed by atoms with Crippen molar-refractivity contribution in [3.63, 3.8) is 0 Å². The van der Waals surface area contributed by atoms with Crippen LogP contribution in [0.5, 0.6) is 0 Å². The van der Waals surface area contributed by atoms with Crippen LogP contribution in [-0.4, -0.2) is 48.3 Å². The molecule has 0 bridgehead atoms. The van der Waals surface area contributed by atoms with Gasteiger partial charge in [0, 0.05) is 31.8 Å². The molecular weight excluding hydrogens is 212 g/mol. The zero-order chi connectivity index (χ0) is 12.1. The third-order valence-corrected chi connectivity index (χ3v) is 4.38. The molecule has 2 N–H and O–H groups in total. The number of aliphatic hydroxyl groups excluding tert-OH is 1. The summed E-state index contributed by atoms with van der Waals surface area (Å²) in [6.07, 6.45) is 7.65. The largest absolute Gasteiger partial charge is 0.396 e. The number of aliphatic hydroxyl groups is 1. The highest BCUT2D eigenvalue weighted by Gasteiger charge is 2.33. The Morgan fingerprint density at radius 2 is 2.12 bits per heavy atom. The van der Waals surface area contributed by atoms with E-state index in [0.29, 0.717) is 18.6 Å². The van der Waals surface area contributed by atoms with Crippen LogP contribution in [-0.2, 0) is 0 Å². The van der Waals surface area contributed by atoms with E-state index in [1.54, 1.807) is 0 Å². The van der Waals surface area contributed by atoms with Crippen molar-refractivity contribution in [1.29, 1.82) is 0 Å². The molecule has 2 aliphatic rings. The van der Waals surface area contributed by atoms with Gasteiger partial charge in [0.1, 0.15) is 0 Å². The summed E-state index contributed by atoms with van der Waals surface area (Å²) >= 11 is 0. The molecule has 1 saturated heterocycles. The smallest absolute Gasteiger partial charge is 0.0434 e. The lowest BCUT2D eigenvalue weighted by Gasteiger charge is -2.45. The minimum Gasteiger partial charge on any atom is -0.396 e. The van der Waals surface area contributed by atoms with Crippen molar-refractivity contribution in [2.75, 3.05) is 26.2 Å². The van der Waals surface area contributed by atoms with Crippen LogP contribution in [0.25, 0.3) is 0 Å². The van der Waals surface area contributed by atoms with Crippen LogP contribution in [0.1, 0.15) is 45.4 Å². The lowest BCUT2D eigenvalue weighted by Crippen LogP contribution is -2.54. The van der Waals surface area contributed by atoms with Crippen LogP contribution < -0.4 is 5.32 Å². The zero-order valence-corrected chi connectivity index (χ0v) is 11.2. The molecule has 100 valence electrons. The molecule has 2 unspecified atom stereocenters. The number of rotatable bonds is 6. The van der Waals surface area contributed by atoms with E-state index in [1.807, 2.05) is 0 Å². The van der Waals surface area contributed by atoms with Gasteiger partial charge in [-0.1, -0.05) is 13.3 Å². The highest BCUT2D eigenvalue weighted by molar-refractivity contribution is 4.89. The van der Waals surface area contributed by atoms with Crippen molar-refractivity contribution in [2.45, 2.75) is 57.5 Å². The second-order valence-electron chi connectivity index (χ2n) is 5.80. The van der Waals surface area contributed by atoms with Crippen molar-refractivity contribution in [3.05, 3.63) is 0 Å². The van der Waals surface area contributed by atoms with Crippen molar-refractivity contribution in [1.82, 2.24) is 10.2 Å². The van der Waals surface area contributed by atoms with Gasteiger partial charge in [-0.15, -0.1) is 0 Å². The summed E-state index contributed by atoms with van der Waals surface area (Å²) in [5.41, 5.74) is 0. The van der Waals surface area contributed by atoms with E-state index in [2.05, 4.69) is 17.1 Å². The fraction of sp³-hybridized carbons (Fsp3) is 1.00. The number of nitrogens with one attached hydrogen (secondary N) is 1. The molecule has 3 nitrogen and oxygen atoms in total. The van der Waals surface area contributed by atoms with Gasteiger partial charge in [-0.05, 0) is 44.6 Å². The summed E-state index contributed by atoms with van der Waals surface area (Å²) in [5.74, 6) is 0.698. The maximum Gasteiger partial charge on any atom is 0.0434 e. The molecule has 1 aliphatic heterocycles. The van der Waals surface area contributed by atoms with Gasteiger partial charge < -0.3 is 10.4 Å². The van der Waals surface area contributed by atoms with E-state index >= 15 is 0 Å². The average Bonchev–Trinajstić information content (AvgIpc) is 2.24. The summed E-state index contributed by atoms with van der Waals surface area (Å²) in [5, 5.41) is 12.8. The molecule has 2 rings (SSSR count). The summed E-state index contributed by atoms with van der Waals surface area (Å²) in [6, 6.07) is 1.50. The van der Waals surface area contributed by atoms with Crippen LogP contribution in [0.3, 0.4) is 0 Å². The number of hydrogen-bond acceptors (Lipinski definition) is 3. The third-order valence-electron chi connectivity index (χ3n) is 4.38. The summed E-state index contributed by atoms with van der Waals surface area (Å²) in [4.78, 5) is 2.68. The first-order chi connectivity index (χ1) is 8.33. The van der Waals surface area contributed by atoms with Gasteiger partial charge in [0.25, 0.3) is 0 Å². The summed E-state index contributed by atoms with van der Waals surface area (Å²) in [7, 11) is 0. The molecule has 17 heavy (non-hydrogen) atoms. The molecule has 1 saturated carbocycles. The monoisotopic (exact) mass is 240 g/mol. The Labute approximate surface area is 106 Å². The van der Waals surface area contributed by atoms with Crippen molar-refractivity contribution in [3.8, 4) is 0 Å². The van der Waals surface area contributed by atoms with Gasteiger partial charge >= 0.3 is 0 Å². The Kier molecular flexibility index (Phi) is 5.26. The first-order valence-electron chi connectivity index (χ1n) is 7.41. The molecule has 2 atom stereocenters. The normalized spacial score (nSPS) is 31.4. The van der Waals surface area contributed by atoms with Crippen LogP contribution in [0.4, 0.5) is 0 Å². The lowest BCUT2D eigenvalue weighted by atomic mass is 9.85.